The number of carbonyl (C=O) groups is 4. The van der Waals surface area contributed by atoms with Crippen LogP contribution in [0.15, 0.2) is 158 Å². The molecule has 5 unspecified atom stereocenters. The maximum Gasteiger partial charge on any atom is 0.472 e. The summed E-state index contributed by atoms with van der Waals surface area (Å²) >= 11 is 0. The second-order valence-electron chi connectivity index (χ2n) is 23.8. The lowest BCUT2D eigenvalue weighted by Gasteiger charge is -2.21. The van der Waals surface area contributed by atoms with Gasteiger partial charge in [0.1, 0.15) is 19.3 Å². The molecule has 0 heterocycles. The van der Waals surface area contributed by atoms with Gasteiger partial charge in [0.15, 0.2) is 12.2 Å². The summed E-state index contributed by atoms with van der Waals surface area (Å²) in [6.45, 7) is 4.32. The van der Waals surface area contributed by atoms with Crippen LogP contribution in [-0.4, -0.2) is 96.7 Å². The highest BCUT2D eigenvalue weighted by atomic mass is 31.2. The standard InChI is InChI=1S/C79H128O17P2/c1-5-9-13-17-21-25-29-32-34-35-36-37-39-42-45-48-52-56-60-64-77(82)89-69-74(95-78(83)65-61-57-53-49-43-28-24-20-16-12-8-4)71-93-97(85,86)91-67-73(80)68-92-98(87,88)94-72-75(96-79(84)66-62-58-54-50-46-40-31-27-23-19-15-11-7-3)70-90-76(81)63-59-55-51-47-44-41-38-33-30-26-22-18-14-10-6-2/h9-10,13-15,19-22,24-27,31-34,36-38,42,44-45,47,55,59,73-75,80H,5-8,11-12,16-18,23,28-30,35,39-41,43,46,48-54,56-58,60-72H2,1-4H3,(H,85,86)(H,87,88)/b13-9-,14-10-,19-15-,24-20-,25-21-,26-22-,31-27-,34-32-,37-36-,38-33-,45-42-,47-44-,59-55-. The van der Waals surface area contributed by atoms with Crippen molar-refractivity contribution < 1.29 is 80.2 Å². The van der Waals surface area contributed by atoms with Gasteiger partial charge in [0, 0.05) is 19.3 Å². The molecule has 3 N–H and O–H groups in total. The molecular formula is C79H128O17P2. The molecule has 98 heavy (non-hydrogen) atoms. The predicted octanol–water partition coefficient (Wildman–Crippen LogP) is 20.9. The normalized spacial score (nSPS) is 14.9. The zero-order valence-corrected chi connectivity index (χ0v) is 62.2. The topological polar surface area (TPSA) is 237 Å². The van der Waals surface area contributed by atoms with Gasteiger partial charge in [0.25, 0.3) is 0 Å². The van der Waals surface area contributed by atoms with E-state index < -0.39 is 97.5 Å². The number of phosphoric ester groups is 2. The van der Waals surface area contributed by atoms with E-state index in [0.29, 0.717) is 25.7 Å². The van der Waals surface area contributed by atoms with Crippen molar-refractivity contribution in [1.82, 2.24) is 0 Å². The molecule has 0 aromatic rings. The first-order chi connectivity index (χ1) is 47.7. The minimum atomic E-state index is -5.00. The van der Waals surface area contributed by atoms with Crippen molar-refractivity contribution in [3.63, 3.8) is 0 Å². The number of aliphatic hydroxyl groups is 1. The number of hydrogen-bond acceptors (Lipinski definition) is 15. The fraction of sp³-hybridized carbons (Fsp3) is 0.620. The molecule has 19 heteroatoms. The molecule has 0 saturated heterocycles. The van der Waals surface area contributed by atoms with E-state index in [9.17, 15) is 43.2 Å². The lowest BCUT2D eigenvalue weighted by molar-refractivity contribution is -0.161. The van der Waals surface area contributed by atoms with Gasteiger partial charge < -0.3 is 33.8 Å². The molecule has 5 atom stereocenters. The van der Waals surface area contributed by atoms with Gasteiger partial charge >= 0.3 is 39.5 Å². The number of hydrogen-bond donors (Lipinski definition) is 3. The quantitative estimate of drug-likeness (QED) is 0.0169. The van der Waals surface area contributed by atoms with Crippen LogP contribution < -0.4 is 0 Å². The largest absolute Gasteiger partial charge is 0.472 e. The monoisotopic (exact) mass is 1410 g/mol. The SMILES string of the molecule is CC/C=C\C/C=C\C/C=C\C/C=C\C/C=C\CCCCCC(=O)OCC(COP(=O)(O)OCC(O)COP(=O)(O)OCC(COC(=O)C/C=C\C/C=C\C/C=C\C/C=C\C/C=C\CC)OC(=O)CCCCCCC/C=C\C/C=C\CCC)OC(=O)CCCCCCC/C=C\CCCC. The van der Waals surface area contributed by atoms with Crippen LogP contribution in [0.1, 0.15) is 259 Å². The zero-order valence-electron chi connectivity index (χ0n) is 60.4. The molecule has 0 saturated carbocycles. The average Bonchev–Trinajstić information content (AvgIpc) is 1.00. The van der Waals surface area contributed by atoms with E-state index in [1.807, 2.05) is 18.2 Å². The molecule has 0 radical (unpaired) electrons. The molecule has 0 aromatic carbocycles. The third-order valence-electron chi connectivity index (χ3n) is 14.5. The van der Waals surface area contributed by atoms with Gasteiger partial charge in [0.05, 0.1) is 32.8 Å². The minimum Gasteiger partial charge on any atom is -0.462 e. The Labute approximate surface area is 591 Å². The fourth-order valence-corrected chi connectivity index (χ4v) is 10.5. The maximum absolute atomic E-state index is 13.0. The fourth-order valence-electron chi connectivity index (χ4n) is 8.92. The number of unbranched alkanes of at least 4 members (excludes halogenated alkanes) is 16. The highest BCUT2D eigenvalue weighted by Crippen LogP contribution is 2.45. The van der Waals surface area contributed by atoms with Crippen molar-refractivity contribution in [2.24, 2.45) is 0 Å². The predicted molar refractivity (Wildman–Crippen MR) is 399 cm³/mol. The molecular weight excluding hydrogens is 1280 g/mol. The summed E-state index contributed by atoms with van der Waals surface area (Å²) in [5, 5.41) is 10.6. The number of carbonyl (C=O) groups excluding carboxylic acids is 4. The van der Waals surface area contributed by atoms with Crippen LogP contribution in [0.5, 0.6) is 0 Å². The lowest BCUT2D eigenvalue weighted by atomic mass is 10.1. The Morgan fingerprint density at radius 2 is 0.592 bits per heavy atom. The minimum absolute atomic E-state index is 0.0536. The van der Waals surface area contributed by atoms with E-state index >= 15 is 0 Å². The second kappa shape index (κ2) is 70.1. The van der Waals surface area contributed by atoms with E-state index in [1.165, 1.54) is 12.8 Å². The summed E-state index contributed by atoms with van der Waals surface area (Å²) < 4.78 is 68.1. The number of ether oxygens (including phenoxy) is 4. The van der Waals surface area contributed by atoms with Gasteiger partial charge in [-0.3, -0.25) is 37.3 Å². The van der Waals surface area contributed by atoms with Crippen LogP contribution in [0.3, 0.4) is 0 Å². The highest BCUT2D eigenvalue weighted by Gasteiger charge is 2.30. The molecule has 0 aromatic heterocycles. The van der Waals surface area contributed by atoms with Crippen molar-refractivity contribution in [3.05, 3.63) is 158 Å². The smallest absolute Gasteiger partial charge is 0.462 e. The molecule has 17 nitrogen and oxygen atoms in total. The number of aliphatic hydroxyl groups excluding tert-OH is 1. The van der Waals surface area contributed by atoms with E-state index in [4.69, 9.17) is 37.0 Å². The van der Waals surface area contributed by atoms with Crippen LogP contribution in [0.4, 0.5) is 0 Å². The Morgan fingerprint density at radius 3 is 0.969 bits per heavy atom. The zero-order chi connectivity index (χ0) is 71.8. The van der Waals surface area contributed by atoms with Crippen LogP contribution >= 0.6 is 15.6 Å². The van der Waals surface area contributed by atoms with Gasteiger partial charge in [-0.2, -0.15) is 0 Å². The van der Waals surface area contributed by atoms with E-state index in [-0.39, 0.29) is 25.7 Å². The molecule has 0 aliphatic heterocycles. The van der Waals surface area contributed by atoms with Crippen LogP contribution in [-0.2, 0) is 65.4 Å². The summed E-state index contributed by atoms with van der Waals surface area (Å²) in [4.78, 5) is 72.6. The molecule has 0 spiro atoms. The number of esters is 4. The molecule has 556 valence electrons. The Morgan fingerprint density at radius 1 is 0.306 bits per heavy atom. The van der Waals surface area contributed by atoms with E-state index in [0.717, 1.165) is 167 Å². The molecule has 0 fully saturated rings. The first-order valence-corrected chi connectivity index (χ1v) is 39.7. The molecule has 0 rings (SSSR count). The first-order valence-electron chi connectivity index (χ1n) is 36.7. The van der Waals surface area contributed by atoms with Crippen molar-refractivity contribution in [2.75, 3.05) is 39.6 Å². The van der Waals surface area contributed by atoms with Gasteiger partial charge in [-0.1, -0.05) is 250 Å². The summed E-state index contributed by atoms with van der Waals surface area (Å²) in [7, 11) is -9.99. The van der Waals surface area contributed by atoms with Gasteiger partial charge in [-0.15, -0.1) is 0 Å². The lowest BCUT2D eigenvalue weighted by Crippen LogP contribution is -2.30. The van der Waals surface area contributed by atoms with E-state index in [1.54, 1.807) is 6.08 Å². The summed E-state index contributed by atoms with van der Waals surface area (Å²) in [5.74, 6) is -2.40. The summed E-state index contributed by atoms with van der Waals surface area (Å²) in [5.41, 5.74) is 0. The van der Waals surface area contributed by atoms with Crippen LogP contribution in [0, 0.1) is 0 Å². The number of allylic oxidation sites excluding steroid dienone is 25. The van der Waals surface area contributed by atoms with E-state index in [2.05, 4.69) is 161 Å². The first kappa shape index (κ1) is 92.7. The Balaban J connectivity index is 5.43. The maximum atomic E-state index is 13.0. The highest BCUT2D eigenvalue weighted by molar-refractivity contribution is 7.47. The van der Waals surface area contributed by atoms with Crippen molar-refractivity contribution in [2.45, 2.75) is 277 Å². The summed E-state index contributed by atoms with van der Waals surface area (Å²) in [6.07, 6.45) is 80.0. The number of phosphoric acid groups is 2. The van der Waals surface area contributed by atoms with Crippen LogP contribution in [0.2, 0.25) is 0 Å². The Hall–Kier alpha value is -5.32. The molecule has 0 aliphatic carbocycles. The molecule has 0 bridgehead atoms. The van der Waals surface area contributed by atoms with Crippen molar-refractivity contribution >= 4 is 39.5 Å². The third-order valence-corrected chi connectivity index (χ3v) is 16.4. The second-order valence-corrected chi connectivity index (χ2v) is 26.7. The third kappa shape index (κ3) is 69.2. The van der Waals surface area contributed by atoms with Gasteiger partial charge in [-0.05, 0) is 141 Å². The average molecular weight is 1410 g/mol. The molecule has 0 aliphatic rings. The van der Waals surface area contributed by atoms with Gasteiger partial charge in [-0.25, -0.2) is 9.13 Å². The Kier molecular flexibility index (Phi) is 66.3. The summed E-state index contributed by atoms with van der Waals surface area (Å²) in [6, 6.07) is 0. The molecule has 0 amide bonds. The Bertz CT molecular complexity index is 2480. The van der Waals surface area contributed by atoms with Crippen molar-refractivity contribution in [3.8, 4) is 0 Å². The number of rotatable bonds is 67. The van der Waals surface area contributed by atoms with Gasteiger partial charge in [0.2, 0.25) is 0 Å². The van der Waals surface area contributed by atoms with Crippen LogP contribution in [0.25, 0.3) is 0 Å². The van der Waals surface area contributed by atoms with Crippen molar-refractivity contribution in [1.29, 1.82) is 0 Å².